The molecule has 136 valence electrons. The summed E-state index contributed by atoms with van der Waals surface area (Å²) in [6.45, 7) is 0.523. The van der Waals surface area contributed by atoms with Gasteiger partial charge in [-0.3, -0.25) is 4.79 Å². The first-order valence-corrected chi connectivity index (χ1v) is 10.0. The van der Waals surface area contributed by atoms with Crippen LogP contribution in [0.5, 0.6) is 5.75 Å². The first-order chi connectivity index (χ1) is 12.3. The van der Waals surface area contributed by atoms with E-state index in [9.17, 15) is 13.2 Å². The molecule has 0 spiro atoms. The molecule has 0 atom stereocenters. The van der Waals surface area contributed by atoms with Crippen LogP contribution in [0.1, 0.15) is 12.8 Å². The van der Waals surface area contributed by atoms with E-state index in [0.29, 0.717) is 34.9 Å². The second kappa shape index (κ2) is 5.94. The number of nitrogens with zero attached hydrogens (tertiary/aromatic N) is 3. The predicted molar refractivity (Wildman–Crippen MR) is 93.8 cm³/mol. The van der Waals surface area contributed by atoms with Gasteiger partial charge in [0.05, 0.1) is 19.1 Å². The lowest BCUT2D eigenvalue weighted by Gasteiger charge is -2.12. The van der Waals surface area contributed by atoms with E-state index >= 15 is 0 Å². The van der Waals surface area contributed by atoms with E-state index in [-0.39, 0.29) is 16.3 Å². The maximum Gasteiger partial charge on any atom is 0.293 e. The molecule has 4 rings (SSSR count). The van der Waals surface area contributed by atoms with Crippen LogP contribution in [0.2, 0.25) is 0 Å². The number of fused-ring (bicyclic) bond motifs is 1. The van der Waals surface area contributed by atoms with E-state index in [1.165, 1.54) is 17.0 Å². The summed E-state index contributed by atoms with van der Waals surface area (Å²) in [5, 5.41) is 0.249. The highest BCUT2D eigenvalue weighted by Gasteiger charge is 2.25. The van der Waals surface area contributed by atoms with Crippen molar-refractivity contribution in [2.24, 2.45) is 13.0 Å². The Hall–Kier alpha value is -2.68. The molecule has 3 heterocycles. The Balaban J connectivity index is 1.94. The Labute approximate surface area is 149 Å². The molecule has 0 aromatic carbocycles. The SMILES string of the molecule is Cn1cc(-c2nc(S(C)(=O)=O)ncc2OCC2CC2)c2ccoc2c1=O. The van der Waals surface area contributed by atoms with Crippen molar-refractivity contribution in [2.45, 2.75) is 18.0 Å². The summed E-state index contributed by atoms with van der Waals surface area (Å²) < 4.78 is 36.3. The lowest BCUT2D eigenvalue weighted by molar-refractivity contribution is 0.298. The van der Waals surface area contributed by atoms with Crippen LogP contribution in [0, 0.1) is 5.92 Å². The Morgan fingerprint density at radius 1 is 1.38 bits per heavy atom. The van der Waals surface area contributed by atoms with Gasteiger partial charge in [-0.15, -0.1) is 0 Å². The molecule has 0 aliphatic heterocycles. The molecule has 0 radical (unpaired) electrons. The average Bonchev–Trinajstić information content (AvgIpc) is 3.29. The van der Waals surface area contributed by atoms with Crippen molar-refractivity contribution in [1.29, 1.82) is 0 Å². The fourth-order valence-electron chi connectivity index (χ4n) is 2.68. The summed E-state index contributed by atoms with van der Waals surface area (Å²) in [6.07, 6.45) is 7.66. The summed E-state index contributed by atoms with van der Waals surface area (Å²) in [7, 11) is -2.00. The minimum absolute atomic E-state index is 0.178. The van der Waals surface area contributed by atoms with Crippen molar-refractivity contribution in [3.05, 3.63) is 35.1 Å². The molecule has 3 aromatic rings. The molecule has 0 unspecified atom stereocenters. The number of sulfone groups is 1. The van der Waals surface area contributed by atoms with Crippen LogP contribution >= 0.6 is 0 Å². The van der Waals surface area contributed by atoms with Crippen LogP contribution in [-0.4, -0.2) is 35.8 Å². The Bertz CT molecular complexity index is 1160. The van der Waals surface area contributed by atoms with Gasteiger partial charge in [0.15, 0.2) is 11.3 Å². The van der Waals surface area contributed by atoms with E-state index in [1.54, 1.807) is 19.3 Å². The van der Waals surface area contributed by atoms with Crippen LogP contribution in [-0.2, 0) is 16.9 Å². The van der Waals surface area contributed by atoms with Crippen molar-refractivity contribution in [3.8, 4) is 17.0 Å². The van der Waals surface area contributed by atoms with Gasteiger partial charge in [0.1, 0.15) is 5.69 Å². The lowest BCUT2D eigenvalue weighted by atomic mass is 10.1. The summed E-state index contributed by atoms with van der Waals surface area (Å²) in [6, 6.07) is 1.65. The molecule has 0 N–H and O–H groups in total. The van der Waals surface area contributed by atoms with E-state index in [1.807, 2.05) is 0 Å². The summed E-state index contributed by atoms with van der Waals surface area (Å²) in [4.78, 5) is 20.4. The molecule has 8 nitrogen and oxygen atoms in total. The first-order valence-electron chi connectivity index (χ1n) is 8.11. The number of furan rings is 1. The average molecular weight is 375 g/mol. The van der Waals surface area contributed by atoms with Crippen LogP contribution < -0.4 is 10.3 Å². The van der Waals surface area contributed by atoms with E-state index < -0.39 is 9.84 Å². The van der Waals surface area contributed by atoms with Crippen molar-refractivity contribution in [3.63, 3.8) is 0 Å². The van der Waals surface area contributed by atoms with Crippen LogP contribution in [0.4, 0.5) is 0 Å². The minimum Gasteiger partial charge on any atom is -0.489 e. The Kier molecular flexibility index (Phi) is 3.83. The molecule has 0 amide bonds. The third kappa shape index (κ3) is 2.98. The number of pyridine rings is 1. The van der Waals surface area contributed by atoms with Crippen molar-refractivity contribution in [1.82, 2.24) is 14.5 Å². The molecular formula is C17H17N3O5S. The van der Waals surface area contributed by atoms with E-state index in [0.717, 1.165) is 19.1 Å². The highest BCUT2D eigenvalue weighted by molar-refractivity contribution is 7.90. The summed E-state index contributed by atoms with van der Waals surface area (Å²) in [5.41, 5.74) is 0.765. The second-order valence-corrected chi connectivity index (χ2v) is 8.42. The van der Waals surface area contributed by atoms with Gasteiger partial charge in [0.2, 0.25) is 15.0 Å². The molecule has 1 aliphatic carbocycles. The molecule has 0 bridgehead atoms. The smallest absolute Gasteiger partial charge is 0.293 e. The van der Waals surface area contributed by atoms with Crippen LogP contribution in [0.15, 0.2) is 39.1 Å². The first kappa shape index (κ1) is 16.8. The number of ether oxygens (including phenoxy) is 1. The van der Waals surface area contributed by atoms with Gasteiger partial charge < -0.3 is 13.7 Å². The quantitative estimate of drug-likeness (QED) is 0.626. The Morgan fingerprint density at radius 3 is 2.85 bits per heavy atom. The van der Waals surface area contributed by atoms with Gasteiger partial charge in [-0.2, -0.15) is 0 Å². The lowest BCUT2D eigenvalue weighted by Crippen LogP contribution is -2.16. The summed E-state index contributed by atoms with van der Waals surface area (Å²) in [5.74, 6) is 0.886. The van der Waals surface area contributed by atoms with Gasteiger partial charge in [-0.05, 0) is 24.8 Å². The number of hydrogen-bond acceptors (Lipinski definition) is 7. The Morgan fingerprint density at radius 2 is 2.15 bits per heavy atom. The van der Waals surface area contributed by atoms with Gasteiger partial charge in [-0.25, -0.2) is 18.4 Å². The van der Waals surface area contributed by atoms with Crippen molar-refractivity contribution < 1.29 is 17.6 Å². The van der Waals surface area contributed by atoms with Gasteiger partial charge >= 0.3 is 0 Å². The normalized spacial score (nSPS) is 14.7. The zero-order valence-corrected chi connectivity index (χ0v) is 15.1. The zero-order chi connectivity index (χ0) is 18.5. The molecule has 3 aromatic heterocycles. The highest BCUT2D eigenvalue weighted by atomic mass is 32.2. The topological polar surface area (TPSA) is 104 Å². The molecule has 1 saturated carbocycles. The monoisotopic (exact) mass is 375 g/mol. The molecule has 26 heavy (non-hydrogen) atoms. The molecular weight excluding hydrogens is 358 g/mol. The number of hydrogen-bond donors (Lipinski definition) is 0. The summed E-state index contributed by atoms with van der Waals surface area (Å²) >= 11 is 0. The standard InChI is InChI=1S/C17H17N3O5S/c1-20-8-12(11-5-6-24-15(11)16(20)21)14-13(25-9-10-3-4-10)7-18-17(19-14)26(2,22)23/h5-8,10H,3-4,9H2,1-2H3. The van der Waals surface area contributed by atoms with Gasteiger partial charge in [0, 0.05) is 30.4 Å². The van der Waals surface area contributed by atoms with Crippen LogP contribution in [0.3, 0.4) is 0 Å². The highest BCUT2D eigenvalue weighted by Crippen LogP contribution is 2.35. The minimum atomic E-state index is -3.60. The molecule has 1 fully saturated rings. The number of rotatable bonds is 5. The maximum absolute atomic E-state index is 12.2. The largest absolute Gasteiger partial charge is 0.489 e. The maximum atomic E-state index is 12.2. The fourth-order valence-corrected chi connectivity index (χ4v) is 3.18. The fraction of sp³-hybridized carbons (Fsp3) is 0.353. The van der Waals surface area contributed by atoms with Crippen molar-refractivity contribution >= 4 is 20.8 Å². The van der Waals surface area contributed by atoms with E-state index in [2.05, 4.69) is 9.97 Å². The molecule has 1 aliphatic rings. The number of aromatic nitrogens is 3. The van der Waals surface area contributed by atoms with E-state index in [4.69, 9.17) is 9.15 Å². The molecule has 9 heteroatoms. The zero-order valence-electron chi connectivity index (χ0n) is 14.3. The van der Waals surface area contributed by atoms with Crippen molar-refractivity contribution in [2.75, 3.05) is 12.9 Å². The van der Waals surface area contributed by atoms with Gasteiger partial charge in [0.25, 0.3) is 5.56 Å². The predicted octanol–water partition coefficient (Wildman–Crippen LogP) is 1.78. The number of aryl methyl sites for hydroxylation is 1. The third-order valence-electron chi connectivity index (χ3n) is 4.28. The van der Waals surface area contributed by atoms with Gasteiger partial charge in [-0.1, -0.05) is 0 Å². The second-order valence-electron chi connectivity index (χ2n) is 6.51. The third-order valence-corrected chi connectivity index (χ3v) is 5.14. The van der Waals surface area contributed by atoms with Crippen LogP contribution in [0.25, 0.3) is 22.2 Å². The molecule has 0 saturated heterocycles.